The Balaban J connectivity index is 0.000000117. The summed E-state index contributed by atoms with van der Waals surface area (Å²) in [7, 11) is 3.45. The van der Waals surface area contributed by atoms with Crippen molar-refractivity contribution in [1.29, 1.82) is 0 Å². The smallest absolute Gasteiger partial charge is 0.271 e. The van der Waals surface area contributed by atoms with Crippen molar-refractivity contribution in [3.8, 4) is 34.6 Å². The summed E-state index contributed by atoms with van der Waals surface area (Å²) in [5.74, 6) is 0.501. The third kappa shape index (κ3) is 22.3. The third-order valence-electron chi connectivity index (χ3n) is 30.2. The first-order valence-corrected chi connectivity index (χ1v) is 50.3. The normalized spacial score (nSPS) is 24.0. The van der Waals surface area contributed by atoms with E-state index in [0.717, 1.165) is 140 Å². The van der Waals surface area contributed by atoms with Crippen LogP contribution in [-0.4, -0.2) is 175 Å². The summed E-state index contributed by atoms with van der Waals surface area (Å²) in [6, 6.07) is 38.6. The molecule has 774 valence electrons. The minimum atomic E-state index is -0.596. The van der Waals surface area contributed by atoms with Crippen LogP contribution in [0.2, 0.25) is 20.1 Å². The number of hydrogen-bond donors (Lipinski definition) is 7. The Morgan fingerprint density at radius 1 is 0.403 bits per heavy atom. The maximum absolute atomic E-state index is 13.6. The number of ketones is 4. The number of H-pyrrole nitrogens is 1. The van der Waals surface area contributed by atoms with E-state index >= 15 is 0 Å². The number of ether oxygens (including phenoxy) is 6. The van der Waals surface area contributed by atoms with Crippen LogP contribution >= 0.6 is 46.4 Å². The molecule has 15 aliphatic carbocycles. The minimum absolute atomic E-state index is 0.000540. The highest BCUT2D eigenvalue weighted by molar-refractivity contribution is 6.32. The van der Waals surface area contributed by atoms with Crippen LogP contribution in [0.25, 0.3) is 22.3 Å². The standard InChI is InChI=1S/C24H23ClFN3O3.C23H22ClN3O3.C23H23FN4O3.C21H20ClFN2O4.C19H19ClFN3O3/c1-14-27-19-7-15(3-6-20(19)29(14)2)21(30)9-23-11-24(12-23,13-23)28-22(31)10-32-16-4-5-17(25)18(26)8-16;1-15-8-18(3-4-19(15)24)30-11-17(28)9-22-12-23(13-22,14-22)26-21(29)16-2-5-20-25-6-7-27(20)10-16;1-14-5-6-28-9-18(25-19(28)7-14)21(30)27-23-11-22(12-23,13-23)26-20(29)10-31-16-4-3-15(2)17(24)8-16;1-28-19-14(3-2-6-24-19)17(26)8-20-10-21(11-20,12-20)25-18(27)9-29-13-4-5-15(22)16(23)7-13;1-11-22-6-15(23-11)16(25)5-18-8-19(9-18,10-18)24-17(26)7-27-12-2-3-13(20)14(21)4-12/h3-8H,9-13H2,1-2H3,(H,28,31);2-8,10H,9,11-14H2,1H3,(H,26,29);3-9H,10-13H2,1-2H3,(H,26,29)(H,27,30);2-7H,8-12H2,1H3,(H,25,27);2-4,6H,5,7-10H2,1H3,(H,22,23)(H,24,26). The number of rotatable bonds is 35. The number of benzene rings is 6. The predicted molar refractivity (Wildman–Crippen MR) is 543 cm³/mol. The average Bonchev–Trinajstić information content (AvgIpc) is 1.42. The number of nitrogens with zero attached hydrogens (tertiary/aromatic N) is 8. The van der Waals surface area contributed by atoms with E-state index in [9.17, 15) is 65.5 Å². The fourth-order valence-corrected chi connectivity index (χ4v) is 24.4. The Morgan fingerprint density at radius 3 is 1.36 bits per heavy atom. The number of hydrogen-bond acceptors (Lipinski definition) is 21. The first-order chi connectivity index (χ1) is 70.9. The maximum atomic E-state index is 13.6. The predicted octanol–water partition coefficient (Wildman–Crippen LogP) is 17.8. The van der Waals surface area contributed by atoms with Crippen LogP contribution in [0, 0.1) is 79.5 Å². The molecule has 0 atom stereocenters. The quantitative estimate of drug-likeness (QED) is 0.0143. The zero-order valence-electron chi connectivity index (χ0n) is 82.5. The number of halogens is 8. The van der Waals surface area contributed by atoms with E-state index < -0.39 is 17.5 Å². The van der Waals surface area contributed by atoms with E-state index in [4.69, 9.17) is 74.8 Å². The number of fused-ring (bicyclic) bond motifs is 3. The molecule has 31 nitrogen and oxygen atoms in total. The van der Waals surface area contributed by atoms with Gasteiger partial charge < -0.3 is 78.7 Å². The van der Waals surface area contributed by atoms with E-state index in [1.807, 2.05) is 103 Å². The zero-order valence-corrected chi connectivity index (χ0v) is 85.5. The van der Waals surface area contributed by atoms with Gasteiger partial charge in [-0.1, -0.05) is 52.5 Å². The minimum Gasteiger partial charge on any atom is -0.486 e. The van der Waals surface area contributed by atoms with Crippen LogP contribution in [0.4, 0.5) is 17.6 Å². The van der Waals surface area contributed by atoms with Gasteiger partial charge in [0.1, 0.15) is 93.0 Å². The number of methoxy groups -OCH3 is 1. The number of aryl methyl sites for hydroxylation is 6. The summed E-state index contributed by atoms with van der Waals surface area (Å²) in [5.41, 5.74) is 7.09. The molecule has 7 aromatic heterocycles. The fourth-order valence-electron chi connectivity index (χ4n) is 24.0. The molecule has 0 radical (unpaired) electrons. The molecular weight excluding hydrogens is 2010 g/mol. The van der Waals surface area contributed by atoms with Crippen LogP contribution in [-0.2, 0) is 31.0 Å². The summed E-state index contributed by atoms with van der Waals surface area (Å²) in [6.45, 7) is 8.59. The Morgan fingerprint density at radius 2 is 0.852 bits per heavy atom. The first-order valence-electron chi connectivity index (χ1n) is 48.7. The Hall–Kier alpha value is -14.3. The molecule has 0 saturated heterocycles. The monoisotopic (exact) mass is 2110 g/mol. The van der Waals surface area contributed by atoms with Crippen LogP contribution in [0.15, 0.2) is 189 Å². The van der Waals surface area contributed by atoms with Crippen molar-refractivity contribution in [2.24, 2.45) is 28.7 Å². The van der Waals surface area contributed by atoms with Crippen molar-refractivity contribution in [2.45, 2.75) is 190 Å². The van der Waals surface area contributed by atoms with Gasteiger partial charge in [-0.2, -0.15) is 0 Å². The lowest BCUT2D eigenvalue weighted by Crippen LogP contribution is -2.84. The molecule has 6 amide bonds. The molecule has 15 aliphatic rings. The Labute approximate surface area is 873 Å². The van der Waals surface area contributed by atoms with Gasteiger partial charge in [0.15, 0.2) is 49.6 Å². The Bertz CT molecular complexity index is 7490. The second kappa shape index (κ2) is 40.3. The average molecular weight is 2110 g/mol. The van der Waals surface area contributed by atoms with Crippen molar-refractivity contribution in [3.63, 3.8) is 0 Å². The molecule has 15 saturated carbocycles. The molecule has 28 rings (SSSR count). The number of carbonyl (C=O) groups is 10. The van der Waals surface area contributed by atoms with Gasteiger partial charge in [0.05, 0.1) is 50.5 Å². The van der Waals surface area contributed by atoms with Crippen molar-refractivity contribution >= 4 is 127 Å². The maximum Gasteiger partial charge on any atom is 0.271 e. The SMILES string of the molecule is COc1ncccc1C(=O)CC12CC(NC(=O)COc3ccc(Cl)c(F)c3)(C1)C2.Cc1cc(OCC(=O)CC23CC(NC(=O)c4ccc5nccn5c4)(C2)C3)ccc1Cl.Cc1ccn2cc(C(=O)NC34CC(NC(=O)COc5ccc(C)c(F)c5)(C3)C4)nc2c1.Cc1nc2cc(C(=O)CC34CC(NC(=O)COc5ccc(Cl)c(F)c5)(C3)C4)ccc2n1C.Cc1ncc(C(=O)CC23CC(NC(=O)COc4ccc(Cl)c(F)c4)(C2)C3)[nH]1. The molecular formula is C110H107Cl4F4N15O16. The number of imidazole rings is 4. The van der Waals surface area contributed by atoms with Crippen LogP contribution in [0.1, 0.15) is 202 Å². The number of carbonyl (C=O) groups excluding carboxylic acids is 10. The zero-order chi connectivity index (χ0) is 105. The molecule has 6 aromatic carbocycles. The van der Waals surface area contributed by atoms with Gasteiger partial charge >= 0.3 is 0 Å². The lowest BCUT2D eigenvalue weighted by molar-refractivity contribution is -0.165. The molecule has 15 fully saturated rings. The summed E-state index contributed by atoms with van der Waals surface area (Å²) >= 11 is 22.9. The van der Waals surface area contributed by atoms with E-state index in [0.29, 0.717) is 101 Å². The highest BCUT2D eigenvalue weighted by atomic mass is 35.5. The molecule has 7 N–H and O–H groups in total. The number of nitrogens with one attached hydrogen (secondary N) is 7. The van der Waals surface area contributed by atoms with Gasteiger partial charge in [0, 0.05) is 138 Å². The molecule has 13 aromatic rings. The molecule has 39 heteroatoms. The van der Waals surface area contributed by atoms with Crippen molar-refractivity contribution in [2.75, 3.05) is 40.1 Å². The first kappa shape index (κ1) is 103. The second-order valence-corrected chi connectivity index (χ2v) is 44.1. The van der Waals surface area contributed by atoms with Crippen LogP contribution < -0.4 is 60.3 Å². The van der Waals surface area contributed by atoms with Gasteiger partial charge in [-0.3, -0.25) is 47.9 Å². The summed E-state index contributed by atoms with van der Waals surface area (Å²) in [4.78, 5) is 149. The molecule has 149 heavy (non-hydrogen) atoms. The number of Topliss-reactive ketones (excluding diaryl/α,β-unsaturated/α-hetero) is 4. The molecule has 0 aliphatic heterocycles. The number of aromatic nitrogens is 9. The molecule has 7 heterocycles. The third-order valence-corrected chi connectivity index (χ3v) is 31.5. The number of pyridine rings is 3. The molecule has 0 spiro atoms. The largest absolute Gasteiger partial charge is 0.486 e. The van der Waals surface area contributed by atoms with Gasteiger partial charge in [0.25, 0.3) is 35.4 Å². The van der Waals surface area contributed by atoms with Crippen molar-refractivity contribution < 1.29 is 93.9 Å². The van der Waals surface area contributed by atoms with Gasteiger partial charge in [0.2, 0.25) is 5.88 Å². The lowest BCUT2D eigenvalue weighted by Gasteiger charge is -2.70. The number of amides is 6. The highest BCUT2D eigenvalue weighted by Gasteiger charge is 2.73. The molecule has 10 bridgehead atoms. The topological polar surface area (TPSA) is 392 Å². The van der Waals surface area contributed by atoms with Crippen LogP contribution in [0.5, 0.6) is 34.6 Å². The summed E-state index contributed by atoms with van der Waals surface area (Å²) in [5, 5.41) is 18.9. The highest BCUT2D eigenvalue weighted by Crippen LogP contribution is 2.72. The number of aromatic amines is 1. The van der Waals surface area contributed by atoms with E-state index in [2.05, 4.69) is 61.8 Å². The summed E-state index contributed by atoms with van der Waals surface area (Å²) in [6.07, 6.45) is 25.5. The van der Waals surface area contributed by atoms with Crippen molar-refractivity contribution in [3.05, 3.63) is 289 Å². The second-order valence-electron chi connectivity index (χ2n) is 42.5. The van der Waals surface area contributed by atoms with Crippen LogP contribution in [0.3, 0.4) is 0 Å². The van der Waals surface area contributed by atoms with E-state index in [-0.39, 0.29) is 185 Å². The van der Waals surface area contributed by atoms with Gasteiger partial charge in [-0.25, -0.2) is 42.5 Å². The summed E-state index contributed by atoms with van der Waals surface area (Å²) < 4.78 is 91.6. The van der Waals surface area contributed by atoms with Gasteiger partial charge in [-0.05, 0) is 285 Å². The van der Waals surface area contributed by atoms with Crippen molar-refractivity contribution in [1.82, 2.24) is 75.2 Å². The van der Waals surface area contributed by atoms with Gasteiger partial charge in [-0.15, -0.1) is 0 Å². The van der Waals surface area contributed by atoms with E-state index in [1.54, 1.807) is 80.4 Å². The molecule has 0 unspecified atom stereocenters. The lowest BCUT2D eigenvalue weighted by atomic mass is 9.38. The van der Waals surface area contributed by atoms with E-state index in [1.165, 1.54) is 49.6 Å². The fraction of sp³-hybridized carbons (Fsp3) is 0.373. The Kier molecular flexibility index (Phi) is 27.9.